The summed E-state index contributed by atoms with van der Waals surface area (Å²) in [5.74, 6) is 0.0243. The molecule has 1 N–H and O–H groups in total. The van der Waals surface area contributed by atoms with Crippen LogP contribution in [0.25, 0.3) is 5.70 Å². The summed E-state index contributed by atoms with van der Waals surface area (Å²) in [6.07, 6.45) is 1.64. The molecule has 4 rings (SSSR count). The number of benzene rings is 2. The number of hydrogen-bond acceptors (Lipinski definition) is 4. The van der Waals surface area contributed by atoms with E-state index in [2.05, 4.69) is 16.9 Å². The van der Waals surface area contributed by atoms with Gasteiger partial charge in [0.2, 0.25) is 11.8 Å². The van der Waals surface area contributed by atoms with Gasteiger partial charge in [0.15, 0.2) is 0 Å². The van der Waals surface area contributed by atoms with Gasteiger partial charge in [-0.3, -0.25) is 14.5 Å². The summed E-state index contributed by atoms with van der Waals surface area (Å²) in [4.78, 5) is 30.5. The van der Waals surface area contributed by atoms with Crippen molar-refractivity contribution in [2.75, 3.05) is 6.54 Å². The standard InChI is InChI=1S/C24H21N3O3/c1-17-20-9-5-6-10-21(20)24(29)27(17)15-22(28)26-14-19-11-12-25-23(13-19)30-16-18-7-3-2-4-8-18/h2-13H,1,14-16H2,(H,26,28). The SMILES string of the molecule is C=C1c2ccccc2C(=O)N1CC(=O)NCc1ccnc(OCc2ccccc2)c1. The number of nitrogens with one attached hydrogen (secondary N) is 1. The Morgan fingerprint density at radius 3 is 2.50 bits per heavy atom. The average molecular weight is 399 g/mol. The third-order valence-corrected chi connectivity index (χ3v) is 4.86. The quantitative estimate of drug-likeness (QED) is 0.661. The highest BCUT2D eigenvalue weighted by molar-refractivity contribution is 6.10. The number of aromatic nitrogens is 1. The molecule has 0 fully saturated rings. The summed E-state index contributed by atoms with van der Waals surface area (Å²) in [6.45, 7) is 4.61. The first-order valence-electron chi connectivity index (χ1n) is 9.60. The fraction of sp³-hybridized carbons (Fsp3) is 0.125. The second kappa shape index (κ2) is 8.61. The van der Waals surface area contributed by atoms with Gasteiger partial charge in [-0.05, 0) is 23.3 Å². The molecule has 0 unspecified atom stereocenters. The number of hydrogen-bond donors (Lipinski definition) is 1. The topological polar surface area (TPSA) is 71.5 Å². The first-order chi connectivity index (χ1) is 14.6. The van der Waals surface area contributed by atoms with Crippen LogP contribution in [0.3, 0.4) is 0 Å². The lowest BCUT2D eigenvalue weighted by molar-refractivity contribution is -0.121. The highest BCUT2D eigenvalue weighted by atomic mass is 16.5. The second-order valence-electron chi connectivity index (χ2n) is 6.94. The van der Waals surface area contributed by atoms with E-state index in [1.54, 1.807) is 24.4 Å². The van der Waals surface area contributed by atoms with Crippen molar-refractivity contribution in [3.05, 3.63) is 102 Å². The van der Waals surface area contributed by atoms with Crippen LogP contribution in [0.5, 0.6) is 5.88 Å². The molecule has 2 aromatic carbocycles. The van der Waals surface area contributed by atoms with Crippen molar-refractivity contribution < 1.29 is 14.3 Å². The summed E-state index contributed by atoms with van der Waals surface area (Å²) in [7, 11) is 0. The van der Waals surface area contributed by atoms with Crippen molar-refractivity contribution in [3.63, 3.8) is 0 Å². The van der Waals surface area contributed by atoms with Crippen LogP contribution in [0.15, 0.2) is 79.5 Å². The second-order valence-corrected chi connectivity index (χ2v) is 6.94. The predicted molar refractivity (Wildman–Crippen MR) is 113 cm³/mol. The zero-order chi connectivity index (χ0) is 20.9. The van der Waals surface area contributed by atoms with E-state index in [9.17, 15) is 9.59 Å². The highest BCUT2D eigenvalue weighted by Crippen LogP contribution is 2.30. The minimum Gasteiger partial charge on any atom is -0.473 e. The number of rotatable bonds is 7. The Bertz CT molecular complexity index is 1060. The molecule has 150 valence electrons. The van der Waals surface area contributed by atoms with Gasteiger partial charge in [-0.15, -0.1) is 0 Å². The van der Waals surface area contributed by atoms with E-state index < -0.39 is 0 Å². The van der Waals surface area contributed by atoms with Crippen LogP contribution < -0.4 is 10.1 Å². The first kappa shape index (κ1) is 19.4. The number of carbonyl (C=O) groups excluding carboxylic acids is 2. The minimum atomic E-state index is -0.263. The summed E-state index contributed by atoms with van der Waals surface area (Å²) < 4.78 is 5.72. The Morgan fingerprint density at radius 2 is 1.73 bits per heavy atom. The number of pyridine rings is 1. The molecule has 0 aliphatic carbocycles. The number of nitrogens with zero attached hydrogens (tertiary/aromatic N) is 2. The van der Waals surface area contributed by atoms with Crippen LogP contribution in [-0.2, 0) is 17.9 Å². The molecule has 0 bridgehead atoms. The monoisotopic (exact) mass is 399 g/mol. The fourth-order valence-electron chi connectivity index (χ4n) is 3.27. The molecule has 1 aliphatic rings. The van der Waals surface area contributed by atoms with Crippen LogP contribution in [0.1, 0.15) is 27.0 Å². The average Bonchev–Trinajstić information content (AvgIpc) is 3.02. The fourth-order valence-corrected chi connectivity index (χ4v) is 3.27. The van der Waals surface area contributed by atoms with Gasteiger partial charge in [-0.2, -0.15) is 0 Å². The molecule has 0 spiro atoms. The third-order valence-electron chi connectivity index (χ3n) is 4.86. The van der Waals surface area contributed by atoms with Crippen LogP contribution in [0, 0.1) is 0 Å². The molecule has 1 aliphatic heterocycles. The van der Waals surface area contributed by atoms with Gasteiger partial charge >= 0.3 is 0 Å². The molecule has 0 saturated carbocycles. The Kier molecular flexibility index (Phi) is 5.57. The molecular weight excluding hydrogens is 378 g/mol. The van der Waals surface area contributed by atoms with Gasteiger partial charge in [-0.25, -0.2) is 4.98 Å². The summed E-state index contributed by atoms with van der Waals surface area (Å²) in [6, 6.07) is 20.7. The first-order valence-corrected chi connectivity index (χ1v) is 9.60. The molecule has 1 aromatic heterocycles. The molecule has 2 amide bonds. The van der Waals surface area contributed by atoms with Gasteiger partial charge < -0.3 is 10.1 Å². The van der Waals surface area contributed by atoms with Crippen molar-refractivity contribution >= 4 is 17.5 Å². The molecule has 6 heteroatoms. The summed E-state index contributed by atoms with van der Waals surface area (Å²) in [5, 5.41) is 2.84. The molecule has 3 aromatic rings. The maximum atomic E-state index is 12.5. The molecule has 30 heavy (non-hydrogen) atoms. The van der Waals surface area contributed by atoms with Gasteiger partial charge in [0.25, 0.3) is 5.91 Å². The highest BCUT2D eigenvalue weighted by Gasteiger charge is 2.31. The van der Waals surface area contributed by atoms with E-state index in [1.807, 2.05) is 48.5 Å². The summed E-state index contributed by atoms with van der Waals surface area (Å²) >= 11 is 0. The Hall–Kier alpha value is -3.93. The van der Waals surface area contributed by atoms with Crippen molar-refractivity contribution in [2.24, 2.45) is 0 Å². The lowest BCUT2D eigenvalue weighted by Crippen LogP contribution is -2.36. The maximum absolute atomic E-state index is 12.5. The molecule has 0 saturated heterocycles. The molecule has 6 nitrogen and oxygen atoms in total. The molecule has 0 atom stereocenters. The van der Waals surface area contributed by atoms with Crippen LogP contribution in [-0.4, -0.2) is 28.2 Å². The van der Waals surface area contributed by atoms with Gasteiger partial charge in [0.1, 0.15) is 13.2 Å². The molecule has 2 heterocycles. The number of amides is 2. The van der Waals surface area contributed by atoms with E-state index in [-0.39, 0.29) is 18.4 Å². The van der Waals surface area contributed by atoms with E-state index in [0.29, 0.717) is 30.3 Å². The Balaban J connectivity index is 1.31. The van der Waals surface area contributed by atoms with Gasteiger partial charge in [-0.1, -0.05) is 55.1 Å². The molecule has 0 radical (unpaired) electrons. The third kappa shape index (κ3) is 4.22. The smallest absolute Gasteiger partial charge is 0.259 e. The van der Waals surface area contributed by atoms with Crippen LogP contribution in [0.4, 0.5) is 0 Å². The Morgan fingerprint density at radius 1 is 1.00 bits per heavy atom. The van der Waals surface area contributed by atoms with Gasteiger partial charge in [0.05, 0.1) is 0 Å². The van der Waals surface area contributed by atoms with E-state index in [0.717, 1.165) is 16.7 Å². The maximum Gasteiger partial charge on any atom is 0.259 e. The zero-order valence-electron chi connectivity index (χ0n) is 16.4. The Labute approximate surface area is 174 Å². The lowest BCUT2D eigenvalue weighted by Gasteiger charge is -2.17. The van der Waals surface area contributed by atoms with Crippen molar-refractivity contribution in [2.45, 2.75) is 13.2 Å². The summed E-state index contributed by atoms with van der Waals surface area (Å²) in [5.41, 5.74) is 3.80. The lowest BCUT2D eigenvalue weighted by atomic mass is 10.1. The van der Waals surface area contributed by atoms with Crippen LogP contribution >= 0.6 is 0 Å². The van der Waals surface area contributed by atoms with Crippen molar-refractivity contribution in [1.29, 1.82) is 0 Å². The minimum absolute atomic E-state index is 0.0746. The number of carbonyl (C=O) groups is 2. The predicted octanol–water partition coefficient (Wildman–Crippen LogP) is 3.40. The number of fused-ring (bicyclic) bond motifs is 1. The van der Waals surface area contributed by atoms with E-state index in [1.165, 1.54) is 4.90 Å². The van der Waals surface area contributed by atoms with Crippen LogP contribution in [0.2, 0.25) is 0 Å². The number of ether oxygens (including phenoxy) is 1. The normalized spacial score (nSPS) is 12.6. The van der Waals surface area contributed by atoms with Gasteiger partial charge in [0, 0.05) is 35.6 Å². The largest absolute Gasteiger partial charge is 0.473 e. The van der Waals surface area contributed by atoms with Crippen molar-refractivity contribution in [3.8, 4) is 5.88 Å². The van der Waals surface area contributed by atoms with E-state index >= 15 is 0 Å². The zero-order valence-corrected chi connectivity index (χ0v) is 16.4. The van der Waals surface area contributed by atoms with E-state index in [4.69, 9.17) is 4.74 Å². The molecular formula is C24H21N3O3. The van der Waals surface area contributed by atoms with Crippen molar-refractivity contribution in [1.82, 2.24) is 15.2 Å².